The summed E-state index contributed by atoms with van der Waals surface area (Å²) in [6.45, 7) is 1.90. The molecule has 2 aromatic carbocycles. The molecule has 1 aliphatic rings. The first kappa shape index (κ1) is 19.2. The number of benzene rings is 2. The number of hydrogen-bond donors (Lipinski definition) is 0. The van der Waals surface area contributed by atoms with Gasteiger partial charge in [0.25, 0.3) is 11.8 Å². The lowest BCUT2D eigenvalue weighted by Crippen LogP contribution is -2.50. The van der Waals surface area contributed by atoms with Crippen molar-refractivity contribution in [2.45, 2.75) is 0 Å². The summed E-state index contributed by atoms with van der Waals surface area (Å²) in [7, 11) is 3.10. The van der Waals surface area contributed by atoms with Crippen LogP contribution in [0.1, 0.15) is 20.8 Å². The van der Waals surface area contributed by atoms with E-state index in [-0.39, 0.29) is 11.8 Å². The summed E-state index contributed by atoms with van der Waals surface area (Å²) in [5.74, 6) is 0.926. The molecule has 0 unspecified atom stereocenters. The van der Waals surface area contributed by atoms with Crippen molar-refractivity contribution in [3.05, 3.63) is 53.7 Å². The number of carbonyl (C=O) groups is 2. The SMILES string of the molecule is COc1ccc(C(=O)N2CCN(C(=O)c3nsc4ccccc34)CC2)cc1OC. The molecule has 0 radical (unpaired) electrons. The quantitative estimate of drug-likeness (QED) is 0.660. The molecule has 0 N–H and O–H groups in total. The van der Waals surface area contributed by atoms with Crippen molar-refractivity contribution in [2.75, 3.05) is 40.4 Å². The van der Waals surface area contributed by atoms with Gasteiger partial charge in [0.05, 0.1) is 18.9 Å². The van der Waals surface area contributed by atoms with Crippen LogP contribution in [0.2, 0.25) is 0 Å². The first-order valence-corrected chi connectivity index (χ1v) is 10.0. The van der Waals surface area contributed by atoms with Crippen LogP contribution < -0.4 is 9.47 Å². The molecule has 0 spiro atoms. The number of fused-ring (bicyclic) bond motifs is 1. The van der Waals surface area contributed by atoms with Crippen LogP contribution in [0, 0.1) is 0 Å². The van der Waals surface area contributed by atoms with E-state index in [2.05, 4.69) is 4.37 Å². The minimum absolute atomic E-state index is 0.0827. The van der Waals surface area contributed by atoms with E-state index in [0.29, 0.717) is 48.9 Å². The maximum atomic E-state index is 12.9. The number of amides is 2. The molecule has 0 atom stereocenters. The second-order valence-electron chi connectivity index (χ2n) is 6.68. The molecular formula is C21H21N3O4S. The molecule has 0 saturated carbocycles. The number of rotatable bonds is 4. The normalized spacial score (nSPS) is 14.1. The maximum absolute atomic E-state index is 12.9. The minimum Gasteiger partial charge on any atom is -0.493 e. The van der Waals surface area contributed by atoms with Gasteiger partial charge >= 0.3 is 0 Å². The molecule has 1 aromatic heterocycles. The van der Waals surface area contributed by atoms with Crippen LogP contribution in [0.15, 0.2) is 42.5 Å². The van der Waals surface area contributed by atoms with Gasteiger partial charge in [-0.1, -0.05) is 18.2 Å². The zero-order chi connectivity index (χ0) is 20.4. The van der Waals surface area contributed by atoms with E-state index < -0.39 is 0 Å². The van der Waals surface area contributed by atoms with Gasteiger partial charge in [0.15, 0.2) is 11.5 Å². The molecular weight excluding hydrogens is 390 g/mol. The van der Waals surface area contributed by atoms with Crippen LogP contribution in [0.3, 0.4) is 0 Å². The van der Waals surface area contributed by atoms with E-state index in [4.69, 9.17) is 9.47 Å². The summed E-state index contributed by atoms with van der Waals surface area (Å²) < 4.78 is 15.9. The molecule has 8 heteroatoms. The number of piperazine rings is 1. The third-order valence-electron chi connectivity index (χ3n) is 5.06. The van der Waals surface area contributed by atoms with Gasteiger partial charge in [0.1, 0.15) is 5.69 Å². The molecule has 1 saturated heterocycles. The number of carbonyl (C=O) groups excluding carboxylic acids is 2. The van der Waals surface area contributed by atoms with E-state index in [9.17, 15) is 9.59 Å². The third kappa shape index (κ3) is 3.63. The summed E-state index contributed by atoms with van der Waals surface area (Å²) in [5.41, 5.74) is 1.03. The average molecular weight is 411 g/mol. The predicted octanol–water partition coefficient (Wildman–Crippen LogP) is 2.91. The average Bonchev–Trinajstić information content (AvgIpc) is 3.22. The summed E-state index contributed by atoms with van der Waals surface area (Å²) in [4.78, 5) is 29.3. The molecule has 0 bridgehead atoms. The van der Waals surface area contributed by atoms with E-state index in [0.717, 1.165) is 10.1 Å². The number of hydrogen-bond acceptors (Lipinski definition) is 6. The number of methoxy groups -OCH3 is 2. The van der Waals surface area contributed by atoms with E-state index in [1.807, 2.05) is 24.3 Å². The standard InChI is InChI=1S/C21H21N3O4S/c1-27-16-8-7-14(13-17(16)28-2)20(25)23-9-11-24(12-10-23)21(26)19-15-5-3-4-6-18(15)29-22-19/h3-8,13H,9-12H2,1-2H3. The molecule has 150 valence electrons. The maximum Gasteiger partial charge on any atom is 0.274 e. The van der Waals surface area contributed by atoms with Crippen LogP contribution >= 0.6 is 11.5 Å². The second kappa shape index (κ2) is 8.08. The summed E-state index contributed by atoms with van der Waals surface area (Å²) in [5, 5.41) is 0.881. The van der Waals surface area contributed by atoms with Gasteiger partial charge in [-0.05, 0) is 35.8 Å². The Balaban J connectivity index is 1.44. The lowest BCUT2D eigenvalue weighted by molar-refractivity contribution is 0.0534. The molecule has 29 heavy (non-hydrogen) atoms. The second-order valence-corrected chi connectivity index (χ2v) is 7.49. The van der Waals surface area contributed by atoms with Gasteiger partial charge in [0, 0.05) is 37.1 Å². The van der Waals surface area contributed by atoms with Crippen molar-refractivity contribution >= 4 is 33.4 Å². The molecule has 4 rings (SSSR count). The Morgan fingerprint density at radius 1 is 0.897 bits per heavy atom. The van der Waals surface area contributed by atoms with Crippen LogP contribution in [-0.2, 0) is 0 Å². The van der Waals surface area contributed by atoms with Crippen molar-refractivity contribution < 1.29 is 19.1 Å². The molecule has 0 aliphatic carbocycles. The third-order valence-corrected chi connectivity index (χ3v) is 5.89. The summed E-state index contributed by atoms with van der Waals surface area (Å²) in [6.07, 6.45) is 0. The smallest absolute Gasteiger partial charge is 0.274 e. The van der Waals surface area contributed by atoms with Crippen LogP contribution in [0.4, 0.5) is 0 Å². The van der Waals surface area contributed by atoms with Gasteiger partial charge in [-0.25, -0.2) is 0 Å². The Morgan fingerprint density at radius 3 is 2.24 bits per heavy atom. The van der Waals surface area contributed by atoms with Gasteiger partial charge in [-0.15, -0.1) is 0 Å². The molecule has 1 fully saturated rings. The predicted molar refractivity (Wildman–Crippen MR) is 111 cm³/mol. The first-order chi connectivity index (χ1) is 14.1. The lowest BCUT2D eigenvalue weighted by atomic mass is 10.1. The molecule has 3 aromatic rings. The highest BCUT2D eigenvalue weighted by Gasteiger charge is 2.28. The highest BCUT2D eigenvalue weighted by atomic mass is 32.1. The van der Waals surface area contributed by atoms with Crippen molar-refractivity contribution in [2.24, 2.45) is 0 Å². The van der Waals surface area contributed by atoms with Crippen molar-refractivity contribution in [3.63, 3.8) is 0 Å². The molecule has 2 amide bonds. The van der Waals surface area contributed by atoms with Crippen LogP contribution in [0.25, 0.3) is 10.1 Å². The lowest BCUT2D eigenvalue weighted by Gasteiger charge is -2.34. The highest BCUT2D eigenvalue weighted by molar-refractivity contribution is 7.13. The first-order valence-electron chi connectivity index (χ1n) is 9.27. The van der Waals surface area contributed by atoms with Crippen LogP contribution in [-0.4, -0.2) is 66.4 Å². The van der Waals surface area contributed by atoms with Crippen molar-refractivity contribution in [1.82, 2.24) is 14.2 Å². The Bertz CT molecular complexity index is 1060. The fraction of sp³-hybridized carbons (Fsp3) is 0.286. The Hall–Kier alpha value is -3.13. The van der Waals surface area contributed by atoms with E-state index >= 15 is 0 Å². The van der Waals surface area contributed by atoms with Crippen LogP contribution in [0.5, 0.6) is 11.5 Å². The number of ether oxygens (including phenoxy) is 2. The minimum atomic E-state index is -0.0860. The summed E-state index contributed by atoms with van der Waals surface area (Å²) in [6, 6.07) is 12.9. The highest BCUT2D eigenvalue weighted by Crippen LogP contribution is 2.28. The zero-order valence-electron chi connectivity index (χ0n) is 16.3. The van der Waals surface area contributed by atoms with Gasteiger partial charge in [0.2, 0.25) is 0 Å². The topological polar surface area (TPSA) is 72.0 Å². The number of aromatic nitrogens is 1. The monoisotopic (exact) mass is 411 g/mol. The fourth-order valence-corrected chi connectivity index (χ4v) is 4.22. The largest absolute Gasteiger partial charge is 0.493 e. The Morgan fingerprint density at radius 2 is 1.55 bits per heavy atom. The van der Waals surface area contributed by atoms with E-state index in [1.54, 1.807) is 42.2 Å². The van der Waals surface area contributed by atoms with Gasteiger partial charge in [-0.3, -0.25) is 9.59 Å². The Labute approximate surface area is 172 Å². The van der Waals surface area contributed by atoms with Crippen molar-refractivity contribution in [1.29, 1.82) is 0 Å². The zero-order valence-corrected chi connectivity index (χ0v) is 17.1. The van der Waals surface area contributed by atoms with Gasteiger partial charge in [-0.2, -0.15) is 4.37 Å². The fourth-order valence-electron chi connectivity index (χ4n) is 3.45. The molecule has 7 nitrogen and oxygen atoms in total. The molecule has 2 heterocycles. The van der Waals surface area contributed by atoms with Crippen molar-refractivity contribution in [3.8, 4) is 11.5 Å². The van der Waals surface area contributed by atoms with E-state index in [1.165, 1.54) is 11.5 Å². The molecule has 1 aliphatic heterocycles. The number of nitrogens with zero attached hydrogens (tertiary/aromatic N) is 3. The summed E-state index contributed by atoms with van der Waals surface area (Å²) >= 11 is 1.33. The van der Waals surface area contributed by atoms with Gasteiger partial charge < -0.3 is 19.3 Å². The Kier molecular flexibility index (Phi) is 5.35.